The lowest BCUT2D eigenvalue weighted by Crippen LogP contribution is -2.39. The Labute approximate surface area is 77.1 Å². The van der Waals surface area contributed by atoms with Crippen molar-refractivity contribution in [1.82, 2.24) is 4.90 Å². The van der Waals surface area contributed by atoms with Crippen molar-refractivity contribution in [3.63, 3.8) is 0 Å². The van der Waals surface area contributed by atoms with Gasteiger partial charge >= 0.3 is 0 Å². The summed E-state index contributed by atoms with van der Waals surface area (Å²) in [7, 11) is 0. The molecule has 1 fully saturated rings. The minimum absolute atomic E-state index is 0.373. The second kappa shape index (κ2) is 3.37. The predicted molar refractivity (Wildman–Crippen MR) is 54.3 cm³/mol. The van der Waals surface area contributed by atoms with E-state index in [9.17, 15) is 0 Å². The molecule has 2 unspecified atom stereocenters. The summed E-state index contributed by atoms with van der Waals surface area (Å²) in [4.78, 5) is 2.62. The van der Waals surface area contributed by atoms with Crippen LogP contribution in [0, 0.1) is 11.8 Å². The lowest BCUT2D eigenvalue weighted by molar-refractivity contribution is 0.165. The first-order valence-electron chi connectivity index (χ1n) is 5.20. The van der Waals surface area contributed by atoms with E-state index < -0.39 is 0 Å². The van der Waals surface area contributed by atoms with Crippen LogP contribution in [0.1, 0.15) is 41.0 Å². The first-order valence-corrected chi connectivity index (χ1v) is 5.20. The van der Waals surface area contributed by atoms with Crippen molar-refractivity contribution in [1.29, 1.82) is 0 Å². The summed E-state index contributed by atoms with van der Waals surface area (Å²) in [6, 6.07) is 0. The van der Waals surface area contributed by atoms with Crippen molar-refractivity contribution in [3.8, 4) is 0 Å². The van der Waals surface area contributed by atoms with Crippen molar-refractivity contribution < 1.29 is 0 Å². The quantitative estimate of drug-likeness (QED) is 0.583. The van der Waals surface area contributed by atoms with Gasteiger partial charge in [0, 0.05) is 18.6 Å². The van der Waals surface area contributed by atoms with Gasteiger partial charge in [0.25, 0.3) is 0 Å². The summed E-state index contributed by atoms with van der Waals surface area (Å²) >= 11 is 0. The van der Waals surface area contributed by atoms with Crippen molar-refractivity contribution in [2.24, 2.45) is 11.8 Å². The fourth-order valence-corrected chi connectivity index (χ4v) is 2.11. The van der Waals surface area contributed by atoms with E-state index in [1.807, 2.05) is 0 Å². The summed E-state index contributed by atoms with van der Waals surface area (Å²) in [6.45, 7) is 14.3. The van der Waals surface area contributed by atoms with Gasteiger partial charge in [0.05, 0.1) is 0 Å². The van der Waals surface area contributed by atoms with Crippen LogP contribution in [0.3, 0.4) is 0 Å². The number of nitrogens with zero attached hydrogens (tertiary/aromatic N) is 1. The minimum atomic E-state index is 0.373. The fraction of sp³-hybridized carbons (Fsp3) is 1.00. The zero-order valence-corrected chi connectivity index (χ0v) is 9.22. The Hall–Kier alpha value is -0.0400. The van der Waals surface area contributed by atoms with Gasteiger partial charge in [0.15, 0.2) is 0 Å². The van der Waals surface area contributed by atoms with Crippen LogP contribution in [-0.4, -0.2) is 23.5 Å². The number of hydrogen-bond acceptors (Lipinski definition) is 1. The van der Waals surface area contributed by atoms with E-state index in [2.05, 4.69) is 39.5 Å². The summed E-state index contributed by atoms with van der Waals surface area (Å²) in [5.41, 5.74) is 0.373. The Balaban J connectivity index is 2.54. The van der Waals surface area contributed by atoms with Crippen LogP contribution in [0.4, 0.5) is 0 Å². The van der Waals surface area contributed by atoms with Crippen LogP contribution < -0.4 is 0 Å². The third-order valence-electron chi connectivity index (χ3n) is 3.24. The molecule has 12 heavy (non-hydrogen) atoms. The standard InChI is InChI=1S/C11H23N/c1-6-10-8-12(7-9(10)2)11(3,4)5/h9-10H,6-8H2,1-5H3. The van der Waals surface area contributed by atoms with Gasteiger partial charge in [-0.25, -0.2) is 0 Å². The summed E-state index contributed by atoms with van der Waals surface area (Å²) in [5.74, 6) is 1.83. The zero-order valence-electron chi connectivity index (χ0n) is 9.22. The van der Waals surface area contributed by atoms with Crippen LogP contribution in [0.5, 0.6) is 0 Å². The molecule has 1 aliphatic rings. The highest BCUT2D eigenvalue weighted by Crippen LogP contribution is 2.30. The average molecular weight is 169 g/mol. The van der Waals surface area contributed by atoms with Gasteiger partial charge in [0.1, 0.15) is 0 Å². The average Bonchev–Trinajstić information content (AvgIpc) is 2.29. The molecule has 0 saturated carbocycles. The van der Waals surface area contributed by atoms with E-state index >= 15 is 0 Å². The molecule has 0 N–H and O–H groups in total. The summed E-state index contributed by atoms with van der Waals surface area (Å²) in [5, 5.41) is 0. The van der Waals surface area contributed by atoms with Gasteiger partial charge in [-0.3, -0.25) is 4.90 Å². The number of rotatable bonds is 1. The first-order chi connectivity index (χ1) is 5.45. The summed E-state index contributed by atoms with van der Waals surface area (Å²) in [6.07, 6.45) is 1.34. The van der Waals surface area contributed by atoms with E-state index in [1.165, 1.54) is 19.5 Å². The van der Waals surface area contributed by atoms with E-state index in [0.29, 0.717) is 5.54 Å². The Morgan fingerprint density at radius 1 is 1.25 bits per heavy atom. The van der Waals surface area contributed by atoms with E-state index in [-0.39, 0.29) is 0 Å². The minimum Gasteiger partial charge on any atom is -0.298 e. The highest BCUT2D eigenvalue weighted by Gasteiger charge is 2.33. The molecule has 0 aromatic heterocycles. The van der Waals surface area contributed by atoms with E-state index in [4.69, 9.17) is 0 Å². The van der Waals surface area contributed by atoms with Crippen molar-refractivity contribution >= 4 is 0 Å². The van der Waals surface area contributed by atoms with Crippen LogP contribution in [0.25, 0.3) is 0 Å². The molecule has 1 aliphatic heterocycles. The van der Waals surface area contributed by atoms with Crippen molar-refractivity contribution in [3.05, 3.63) is 0 Å². The Bertz CT molecular complexity index is 146. The second-order valence-electron chi connectivity index (χ2n) is 5.22. The Morgan fingerprint density at radius 2 is 1.83 bits per heavy atom. The first kappa shape index (κ1) is 10.0. The fourth-order valence-electron chi connectivity index (χ4n) is 2.11. The number of likely N-dealkylation sites (tertiary alicyclic amines) is 1. The van der Waals surface area contributed by atoms with Gasteiger partial charge in [-0.2, -0.15) is 0 Å². The molecule has 1 nitrogen and oxygen atoms in total. The van der Waals surface area contributed by atoms with Crippen LogP contribution >= 0.6 is 0 Å². The molecule has 1 rings (SSSR count). The molecular formula is C11H23N. The molecule has 1 saturated heterocycles. The Kier molecular flexibility index (Phi) is 2.82. The van der Waals surface area contributed by atoms with E-state index in [1.54, 1.807) is 0 Å². The van der Waals surface area contributed by atoms with Crippen LogP contribution in [-0.2, 0) is 0 Å². The lowest BCUT2D eigenvalue weighted by Gasteiger charge is -2.31. The normalized spacial score (nSPS) is 32.8. The molecule has 0 aliphatic carbocycles. The largest absolute Gasteiger partial charge is 0.298 e. The maximum atomic E-state index is 2.62. The third kappa shape index (κ3) is 2.01. The molecule has 0 radical (unpaired) electrons. The second-order valence-corrected chi connectivity index (χ2v) is 5.22. The van der Waals surface area contributed by atoms with Crippen molar-refractivity contribution in [2.45, 2.75) is 46.6 Å². The molecule has 0 amide bonds. The molecule has 1 heterocycles. The Morgan fingerprint density at radius 3 is 2.08 bits per heavy atom. The molecule has 0 aromatic carbocycles. The molecule has 72 valence electrons. The van der Waals surface area contributed by atoms with Gasteiger partial charge in [-0.15, -0.1) is 0 Å². The SMILES string of the molecule is CCC1CN(C(C)(C)C)CC1C. The van der Waals surface area contributed by atoms with Gasteiger partial charge in [-0.1, -0.05) is 20.3 Å². The highest BCUT2D eigenvalue weighted by molar-refractivity contribution is 4.87. The smallest absolute Gasteiger partial charge is 0.0125 e. The maximum Gasteiger partial charge on any atom is 0.0125 e. The van der Waals surface area contributed by atoms with Crippen LogP contribution in [0.2, 0.25) is 0 Å². The molecular weight excluding hydrogens is 146 g/mol. The zero-order chi connectivity index (χ0) is 9.35. The predicted octanol–water partition coefficient (Wildman–Crippen LogP) is 2.76. The lowest BCUT2D eigenvalue weighted by atomic mass is 9.96. The van der Waals surface area contributed by atoms with Gasteiger partial charge < -0.3 is 0 Å². The molecule has 2 atom stereocenters. The molecule has 1 heteroatoms. The van der Waals surface area contributed by atoms with Crippen molar-refractivity contribution in [2.75, 3.05) is 13.1 Å². The number of hydrogen-bond donors (Lipinski definition) is 0. The van der Waals surface area contributed by atoms with Gasteiger partial charge in [-0.05, 0) is 32.6 Å². The monoisotopic (exact) mass is 169 g/mol. The third-order valence-corrected chi connectivity index (χ3v) is 3.24. The maximum absolute atomic E-state index is 2.62. The van der Waals surface area contributed by atoms with Crippen LogP contribution in [0.15, 0.2) is 0 Å². The highest BCUT2D eigenvalue weighted by atomic mass is 15.2. The van der Waals surface area contributed by atoms with E-state index in [0.717, 1.165) is 11.8 Å². The molecule has 0 spiro atoms. The van der Waals surface area contributed by atoms with Gasteiger partial charge in [0.2, 0.25) is 0 Å². The topological polar surface area (TPSA) is 3.24 Å². The molecule has 0 bridgehead atoms. The molecule has 0 aromatic rings. The summed E-state index contributed by atoms with van der Waals surface area (Å²) < 4.78 is 0.